The fraction of sp³-hybridized carbons (Fsp3) is 0.462. The Kier molecular flexibility index (Phi) is 11.2. The van der Waals surface area contributed by atoms with Gasteiger partial charge in [-0.2, -0.15) is 0 Å². The third-order valence-electron chi connectivity index (χ3n) is 5.80. The lowest BCUT2D eigenvalue weighted by molar-refractivity contribution is -0.140. The maximum atomic E-state index is 14.4. The molecule has 36 heavy (non-hydrogen) atoms. The van der Waals surface area contributed by atoms with E-state index in [-0.39, 0.29) is 37.7 Å². The monoisotopic (exact) mass is 521 g/mol. The summed E-state index contributed by atoms with van der Waals surface area (Å²) < 4.78 is 45.8. The number of hydrogen-bond donors (Lipinski definition) is 1. The number of methoxy groups -OCH3 is 1. The number of carbonyl (C=O) groups excluding carboxylic acids is 2. The van der Waals surface area contributed by atoms with Gasteiger partial charge in [-0.3, -0.25) is 13.9 Å². The summed E-state index contributed by atoms with van der Waals surface area (Å²) in [6.07, 6.45) is 2.98. The first kappa shape index (κ1) is 29.1. The number of carbonyl (C=O) groups is 2. The van der Waals surface area contributed by atoms with E-state index in [1.807, 2.05) is 6.92 Å². The highest BCUT2D eigenvalue weighted by molar-refractivity contribution is 7.92. The first-order chi connectivity index (χ1) is 17.1. The molecule has 198 valence electrons. The first-order valence-corrected chi connectivity index (χ1v) is 13.9. The Morgan fingerprint density at radius 3 is 2.39 bits per heavy atom. The Morgan fingerprint density at radius 2 is 1.75 bits per heavy atom. The highest BCUT2D eigenvalue weighted by Gasteiger charge is 2.27. The standard InChI is InChI=1S/C26H36FN3O5S/c1-5-6-17-28-26(32)20(2)29(19-21-12-7-8-13-22(21)27)25(31)16-11-18-30(36(4,33)34)23-14-9-10-15-24(23)35-3/h7-10,12-15,20H,5-6,11,16-19H2,1-4H3,(H,28,32)/t20-/m0/s1. The number of nitrogens with one attached hydrogen (secondary N) is 1. The van der Waals surface area contributed by atoms with Gasteiger partial charge in [0.25, 0.3) is 0 Å². The zero-order valence-electron chi connectivity index (χ0n) is 21.4. The van der Waals surface area contributed by atoms with Crippen LogP contribution in [0.25, 0.3) is 0 Å². The quantitative estimate of drug-likeness (QED) is 0.383. The summed E-state index contributed by atoms with van der Waals surface area (Å²) in [7, 11) is -2.20. The Bertz CT molecular complexity index is 1130. The van der Waals surface area contributed by atoms with Crippen LogP contribution in [0.5, 0.6) is 5.75 Å². The van der Waals surface area contributed by atoms with Crippen LogP contribution in [0.2, 0.25) is 0 Å². The summed E-state index contributed by atoms with van der Waals surface area (Å²) in [5, 5.41) is 2.82. The van der Waals surface area contributed by atoms with E-state index in [4.69, 9.17) is 4.74 Å². The van der Waals surface area contributed by atoms with Gasteiger partial charge in [-0.25, -0.2) is 12.8 Å². The molecule has 1 N–H and O–H groups in total. The van der Waals surface area contributed by atoms with E-state index in [2.05, 4.69) is 5.32 Å². The lowest BCUT2D eigenvalue weighted by Gasteiger charge is -2.29. The molecular weight excluding hydrogens is 485 g/mol. The van der Waals surface area contributed by atoms with Gasteiger partial charge in [-0.05, 0) is 38.0 Å². The number of nitrogens with zero attached hydrogens (tertiary/aromatic N) is 2. The van der Waals surface area contributed by atoms with Crippen LogP contribution >= 0.6 is 0 Å². The first-order valence-electron chi connectivity index (χ1n) is 12.0. The normalized spacial score (nSPS) is 12.0. The highest BCUT2D eigenvalue weighted by atomic mass is 32.2. The van der Waals surface area contributed by atoms with Crippen molar-refractivity contribution in [3.05, 3.63) is 59.9 Å². The summed E-state index contributed by atoms with van der Waals surface area (Å²) >= 11 is 0. The van der Waals surface area contributed by atoms with Gasteiger partial charge in [-0.15, -0.1) is 0 Å². The number of unbranched alkanes of at least 4 members (excludes halogenated alkanes) is 1. The topological polar surface area (TPSA) is 96.0 Å². The molecule has 0 unspecified atom stereocenters. The predicted molar refractivity (Wildman–Crippen MR) is 139 cm³/mol. The van der Waals surface area contributed by atoms with E-state index in [9.17, 15) is 22.4 Å². The minimum atomic E-state index is -3.65. The average Bonchev–Trinajstić information content (AvgIpc) is 2.85. The number of benzene rings is 2. The van der Waals surface area contributed by atoms with Crippen molar-refractivity contribution in [3.63, 3.8) is 0 Å². The van der Waals surface area contributed by atoms with Gasteiger partial charge in [0, 0.05) is 31.6 Å². The van der Waals surface area contributed by atoms with Crippen molar-refractivity contribution in [1.82, 2.24) is 10.2 Å². The molecule has 0 aromatic heterocycles. The van der Waals surface area contributed by atoms with Gasteiger partial charge in [0.2, 0.25) is 21.8 Å². The lowest BCUT2D eigenvalue weighted by Crippen LogP contribution is -2.48. The van der Waals surface area contributed by atoms with E-state index < -0.39 is 21.9 Å². The van der Waals surface area contributed by atoms with Gasteiger partial charge in [-0.1, -0.05) is 43.7 Å². The van der Waals surface area contributed by atoms with E-state index in [0.717, 1.165) is 19.1 Å². The molecule has 0 saturated carbocycles. The molecule has 8 nitrogen and oxygen atoms in total. The van der Waals surface area contributed by atoms with Crippen LogP contribution in [0.4, 0.5) is 10.1 Å². The fourth-order valence-corrected chi connectivity index (χ4v) is 4.72. The van der Waals surface area contributed by atoms with E-state index in [1.165, 1.54) is 22.4 Å². The van der Waals surface area contributed by atoms with Crippen molar-refractivity contribution in [2.45, 2.75) is 52.1 Å². The summed E-state index contributed by atoms with van der Waals surface area (Å²) in [5.41, 5.74) is 0.674. The molecule has 0 heterocycles. The Hall–Kier alpha value is -3.14. The molecule has 0 bridgehead atoms. The average molecular weight is 522 g/mol. The molecule has 0 fully saturated rings. The predicted octanol–water partition coefficient (Wildman–Crippen LogP) is 3.71. The number of ether oxygens (including phenoxy) is 1. The van der Waals surface area contributed by atoms with E-state index in [0.29, 0.717) is 23.5 Å². The van der Waals surface area contributed by atoms with Crippen molar-refractivity contribution in [2.24, 2.45) is 0 Å². The minimum absolute atomic E-state index is 0.0256. The largest absolute Gasteiger partial charge is 0.495 e. The number of sulfonamides is 1. The summed E-state index contributed by atoms with van der Waals surface area (Å²) in [6, 6.07) is 12.0. The van der Waals surface area contributed by atoms with Gasteiger partial charge in [0.05, 0.1) is 19.1 Å². The summed E-state index contributed by atoms with van der Waals surface area (Å²) in [5.74, 6) is -0.758. The number of amides is 2. The van der Waals surface area contributed by atoms with Gasteiger partial charge >= 0.3 is 0 Å². The number of para-hydroxylation sites is 2. The molecule has 2 aromatic rings. The SMILES string of the molecule is CCCCNC(=O)[C@H](C)N(Cc1ccccc1F)C(=O)CCCN(c1ccccc1OC)S(C)(=O)=O. The molecule has 2 amide bonds. The zero-order valence-corrected chi connectivity index (χ0v) is 22.2. The van der Waals surface area contributed by atoms with Crippen LogP contribution in [0.1, 0.15) is 45.1 Å². The second kappa shape index (κ2) is 13.8. The highest BCUT2D eigenvalue weighted by Crippen LogP contribution is 2.29. The molecule has 2 rings (SSSR count). The van der Waals surface area contributed by atoms with Crippen molar-refractivity contribution < 1.29 is 27.1 Å². The van der Waals surface area contributed by atoms with Gasteiger partial charge < -0.3 is 15.0 Å². The van der Waals surface area contributed by atoms with Crippen LogP contribution in [0, 0.1) is 5.82 Å². The molecule has 2 aromatic carbocycles. The molecule has 0 spiro atoms. The Balaban J connectivity index is 2.18. The number of anilines is 1. The molecule has 1 atom stereocenters. The van der Waals surface area contributed by atoms with Gasteiger partial charge in [0.15, 0.2) is 0 Å². The third-order valence-corrected chi connectivity index (χ3v) is 6.98. The molecule has 0 aliphatic rings. The van der Waals surface area contributed by atoms with Crippen LogP contribution < -0.4 is 14.4 Å². The van der Waals surface area contributed by atoms with Crippen molar-refractivity contribution in [1.29, 1.82) is 0 Å². The summed E-state index contributed by atoms with van der Waals surface area (Å²) in [4.78, 5) is 27.3. The molecular formula is C26H36FN3O5S. The maximum absolute atomic E-state index is 14.4. The van der Waals surface area contributed by atoms with Gasteiger partial charge in [0.1, 0.15) is 17.6 Å². The number of halogens is 1. The summed E-state index contributed by atoms with van der Waals surface area (Å²) in [6.45, 7) is 4.07. The third kappa shape index (κ3) is 8.22. The Labute approximate surface area is 213 Å². The zero-order chi connectivity index (χ0) is 26.7. The minimum Gasteiger partial charge on any atom is -0.495 e. The second-order valence-corrected chi connectivity index (χ2v) is 10.5. The molecule has 0 saturated heterocycles. The van der Waals surface area contributed by atoms with Crippen molar-refractivity contribution >= 4 is 27.5 Å². The van der Waals surface area contributed by atoms with Crippen LogP contribution in [0.3, 0.4) is 0 Å². The maximum Gasteiger partial charge on any atom is 0.242 e. The Morgan fingerprint density at radius 1 is 1.08 bits per heavy atom. The number of rotatable bonds is 14. The molecule has 0 aliphatic heterocycles. The van der Waals surface area contributed by atoms with Crippen LogP contribution in [-0.4, -0.2) is 57.6 Å². The second-order valence-electron chi connectivity index (χ2n) is 8.54. The number of hydrogen-bond acceptors (Lipinski definition) is 5. The van der Waals surface area contributed by atoms with E-state index >= 15 is 0 Å². The molecule has 0 aliphatic carbocycles. The smallest absolute Gasteiger partial charge is 0.242 e. The molecule has 0 radical (unpaired) electrons. The van der Waals surface area contributed by atoms with Crippen molar-refractivity contribution in [2.75, 3.05) is 30.8 Å². The molecule has 10 heteroatoms. The van der Waals surface area contributed by atoms with Crippen LogP contribution in [0.15, 0.2) is 48.5 Å². The van der Waals surface area contributed by atoms with E-state index in [1.54, 1.807) is 49.4 Å². The lowest BCUT2D eigenvalue weighted by atomic mass is 10.1. The van der Waals surface area contributed by atoms with Crippen LogP contribution in [-0.2, 0) is 26.2 Å². The van der Waals surface area contributed by atoms with Crippen molar-refractivity contribution in [3.8, 4) is 5.75 Å². The fourth-order valence-electron chi connectivity index (χ4n) is 3.75.